The molecule has 2 aliphatic rings. The minimum absolute atomic E-state index is 0.0250. The first-order chi connectivity index (χ1) is 14.5. The molecule has 1 fully saturated rings. The molecule has 7 nitrogen and oxygen atoms in total. The first-order valence-corrected chi connectivity index (χ1v) is 10.6. The number of hydrogen-bond donors (Lipinski definition) is 1. The lowest BCUT2D eigenvalue weighted by Crippen LogP contribution is -2.61. The van der Waals surface area contributed by atoms with Gasteiger partial charge in [-0.1, -0.05) is 25.1 Å². The van der Waals surface area contributed by atoms with Gasteiger partial charge < -0.3 is 15.1 Å². The molecule has 2 aromatic carbocycles. The molecule has 4 rings (SSSR count). The number of rotatable bonds is 5. The van der Waals surface area contributed by atoms with Gasteiger partial charge in [-0.2, -0.15) is 0 Å². The van der Waals surface area contributed by atoms with Crippen molar-refractivity contribution in [2.75, 3.05) is 29.4 Å². The number of non-ortho nitro benzene ring substituents is 1. The van der Waals surface area contributed by atoms with Crippen molar-refractivity contribution >= 4 is 23.0 Å². The zero-order valence-corrected chi connectivity index (χ0v) is 17.5. The standard InChI is InChI=1S/C23H28N4O3/c1-3-16(2)24-23(28)20-14-17-13-19(27(29)30)9-10-21(17)26-12-11-25(15-22(20)26)18-7-5-4-6-8-18/h4-10,13,16,20,22H,3,11-12,14-15H2,1-2H3,(H,24,28)/t16-,20-,22-/m0/s1. The summed E-state index contributed by atoms with van der Waals surface area (Å²) in [5, 5.41) is 14.4. The van der Waals surface area contributed by atoms with Crippen molar-refractivity contribution in [3.05, 3.63) is 64.2 Å². The van der Waals surface area contributed by atoms with Crippen LogP contribution in [0.1, 0.15) is 25.8 Å². The average molecular weight is 409 g/mol. The van der Waals surface area contributed by atoms with E-state index >= 15 is 0 Å². The highest BCUT2D eigenvalue weighted by Gasteiger charge is 2.42. The predicted molar refractivity (Wildman–Crippen MR) is 118 cm³/mol. The summed E-state index contributed by atoms with van der Waals surface area (Å²) in [7, 11) is 0. The molecule has 0 aromatic heterocycles. The Bertz CT molecular complexity index is 933. The quantitative estimate of drug-likeness (QED) is 0.606. The van der Waals surface area contributed by atoms with Gasteiger partial charge >= 0.3 is 0 Å². The third-order valence-electron chi connectivity index (χ3n) is 6.37. The fourth-order valence-electron chi connectivity index (χ4n) is 4.55. The van der Waals surface area contributed by atoms with Crippen molar-refractivity contribution < 1.29 is 9.72 Å². The number of anilines is 2. The molecule has 0 saturated carbocycles. The van der Waals surface area contributed by atoms with E-state index in [2.05, 4.69) is 34.2 Å². The van der Waals surface area contributed by atoms with Crippen molar-refractivity contribution in [1.29, 1.82) is 0 Å². The lowest BCUT2D eigenvalue weighted by atomic mass is 9.83. The maximum Gasteiger partial charge on any atom is 0.269 e. The van der Waals surface area contributed by atoms with E-state index < -0.39 is 0 Å². The summed E-state index contributed by atoms with van der Waals surface area (Å²) < 4.78 is 0. The summed E-state index contributed by atoms with van der Waals surface area (Å²) in [6, 6.07) is 15.5. The number of nitro groups is 1. The summed E-state index contributed by atoms with van der Waals surface area (Å²) in [6.07, 6.45) is 1.38. The highest BCUT2D eigenvalue weighted by atomic mass is 16.6. The third-order valence-corrected chi connectivity index (χ3v) is 6.37. The van der Waals surface area contributed by atoms with Crippen LogP contribution in [0.15, 0.2) is 48.5 Å². The van der Waals surface area contributed by atoms with Crippen LogP contribution in [0.2, 0.25) is 0 Å². The number of fused-ring (bicyclic) bond motifs is 3. The number of amides is 1. The van der Waals surface area contributed by atoms with Gasteiger partial charge in [0.25, 0.3) is 5.69 Å². The zero-order valence-electron chi connectivity index (χ0n) is 17.5. The van der Waals surface area contributed by atoms with Crippen LogP contribution in [0.3, 0.4) is 0 Å². The van der Waals surface area contributed by atoms with Crippen LogP contribution in [0.25, 0.3) is 0 Å². The Labute approximate surface area is 176 Å². The fraction of sp³-hybridized carbons (Fsp3) is 0.435. The maximum atomic E-state index is 13.2. The van der Waals surface area contributed by atoms with Crippen molar-refractivity contribution in [2.45, 2.75) is 38.8 Å². The van der Waals surface area contributed by atoms with Crippen LogP contribution < -0.4 is 15.1 Å². The second-order valence-electron chi connectivity index (χ2n) is 8.24. The van der Waals surface area contributed by atoms with Gasteiger partial charge in [0, 0.05) is 49.2 Å². The van der Waals surface area contributed by atoms with E-state index in [0.717, 1.165) is 43.0 Å². The Hall–Kier alpha value is -3.09. The third kappa shape index (κ3) is 3.84. The Kier molecular flexibility index (Phi) is 5.61. The molecule has 1 N–H and O–H groups in total. The summed E-state index contributed by atoms with van der Waals surface area (Å²) in [6.45, 7) is 6.43. The second-order valence-corrected chi connectivity index (χ2v) is 8.24. The molecule has 2 aromatic rings. The minimum atomic E-state index is -0.367. The summed E-state index contributed by atoms with van der Waals surface area (Å²) >= 11 is 0. The van der Waals surface area contributed by atoms with Gasteiger partial charge in [0.2, 0.25) is 5.91 Å². The number of benzene rings is 2. The van der Waals surface area contributed by atoms with Gasteiger partial charge in [-0.25, -0.2) is 0 Å². The number of nitro benzene ring substituents is 1. The SMILES string of the molecule is CC[C@H](C)NC(=O)[C@H]1Cc2cc([N+](=O)[O-])ccc2N2CCN(c3ccccc3)C[C@@H]12. The van der Waals surface area contributed by atoms with E-state index in [9.17, 15) is 14.9 Å². The second kappa shape index (κ2) is 8.34. The van der Waals surface area contributed by atoms with Gasteiger partial charge in [0.05, 0.1) is 16.9 Å². The van der Waals surface area contributed by atoms with Crippen molar-refractivity contribution in [3.63, 3.8) is 0 Å². The molecular weight excluding hydrogens is 380 g/mol. The van der Waals surface area contributed by atoms with E-state index in [0.29, 0.717) is 6.42 Å². The van der Waals surface area contributed by atoms with Crippen LogP contribution in [0.4, 0.5) is 17.1 Å². The van der Waals surface area contributed by atoms with Crippen LogP contribution in [-0.4, -0.2) is 42.5 Å². The summed E-state index contributed by atoms with van der Waals surface area (Å²) in [5.74, 6) is -0.216. The van der Waals surface area contributed by atoms with Crippen LogP contribution in [-0.2, 0) is 11.2 Å². The molecule has 0 spiro atoms. The van der Waals surface area contributed by atoms with E-state index in [-0.39, 0.29) is 34.5 Å². The number of nitrogens with one attached hydrogen (secondary N) is 1. The van der Waals surface area contributed by atoms with Gasteiger partial charge in [-0.3, -0.25) is 14.9 Å². The Morgan fingerprint density at radius 3 is 2.70 bits per heavy atom. The average Bonchev–Trinajstić information content (AvgIpc) is 2.78. The number of nitrogens with zero attached hydrogens (tertiary/aromatic N) is 3. The first-order valence-electron chi connectivity index (χ1n) is 10.6. The lowest BCUT2D eigenvalue weighted by Gasteiger charge is -2.49. The smallest absolute Gasteiger partial charge is 0.269 e. The number of para-hydroxylation sites is 1. The molecule has 0 bridgehead atoms. The number of carbonyl (C=O) groups is 1. The van der Waals surface area contributed by atoms with Gasteiger partial charge in [0.1, 0.15) is 0 Å². The van der Waals surface area contributed by atoms with E-state index in [1.165, 1.54) is 0 Å². The molecular formula is C23H28N4O3. The van der Waals surface area contributed by atoms with Gasteiger partial charge in [-0.15, -0.1) is 0 Å². The topological polar surface area (TPSA) is 78.7 Å². The van der Waals surface area contributed by atoms with Crippen LogP contribution in [0, 0.1) is 16.0 Å². The number of piperazine rings is 1. The van der Waals surface area contributed by atoms with Crippen molar-refractivity contribution in [3.8, 4) is 0 Å². The highest BCUT2D eigenvalue weighted by Crippen LogP contribution is 2.38. The van der Waals surface area contributed by atoms with E-state index in [4.69, 9.17) is 0 Å². The monoisotopic (exact) mass is 408 g/mol. The first kappa shape index (κ1) is 20.2. The van der Waals surface area contributed by atoms with Gasteiger partial charge in [0.15, 0.2) is 0 Å². The molecule has 3 atom stereocenters. The number of carbonyl (C=O) groups excluding carboxylic acids is 1. The summed E-state index contributed by atoms with van der Waals surface area (Å²) in [5.41, 5.74) is 3.15. The molecule has 158 valence electrons. The molecule has 0 aliphatic carbocycles. The largest absolute Gasteiger partial charge is 0.368 e. The highest BCUT2D eigenvalue weighted by molar-refractivity contribution is 5.82. The minimum Gasteiger partial charge on any atom is -0.368 e. The molecule has 30 heavy (non-hydrogen) atoms. The molecule has 1 saturated heterocycles. The zero-order chi connectivity index (χ0) is 21.3. The Morgan fingerprint density at radius 2 is 2.00 bits per heavy atom. The predicted octanol–water partition coefficient (Wildman–Crippen LogP) is 3.38. The summed E-state index contributed by atoms with van der Waals surface area (Å²) in [4.78, 5) is 28.7. The maximum absolute atomic E-state index is 13.2. The van der Waals surface area contributed by atoms with Crippen molar-refractivity contribution in [2.24, 2.45) is 5.92 Å². The lowest BCUT2D eigenvalue weighted by molar-refractivity contribution is -0.384. The normalized spacial score (nSPS) is 21.4. The molecule has 1 amide bonds. The van der Waals surface area contributed by atoms with Gasteiger partial charge in [-0.05, 0) is 43.5 Å². The van der Waals surface area contributed by atoms with Crippen molar-refractivity contribution in [1.82, 2.24) is 5.32 Å². The molecule has 0 radical (unpaired) electrons. The van der Waals surface area contributed by atoms with E-state index in [1.807, 2.05) is 31.2 Å². The molecule has 7 heteroatoms. The van der Waals surface area contributed by atoms with Crippen LogP contribution in [0.5, 0.6) is 0 Å². The number of hydrogen-bond acceptors (Lipinski definition) is 5. The van der Waals surface area contributed by atoms with E-state index in [1.54, 1.807) is 12.1 Å². The Balaban J connectivity index is 1.67. The molecule has 0 unspecified atom stereocenters. The molecule has 2 heterocycles. The molecule has 2 aliphatic heterocycles. The van der Waals surface area contributed by atoms with Crippen LogP contribution >= 0.6 is 0 Å². The Morgan fingerprint density at radius 1 is 1.23 bits per heavy atom. The fourth-order valence-corrected chi connectivity index (χ4v) is 4.55.